The average molecular weight is 175 g/mol. The highest BCUT2D eigenvalue weighted by Gasteiger charge is 2.02. The van der Waals surface area contributed by atoms with Gasteiger partial charge in [0.25, 0.3) is 0 Å². The third-order valence-electron chi connectivity index (χ3n) is 1.69. The molecule has 2 N–H and O–H groups in total. The highest BCUT2D eigenvalue weighted by molar-refractivity contribution is 5.84. The highest BCUT2D eigenvalue weighted by Crippen LogP contribution is 2.30. The van der Waals surface area contributed by atoms with Crippen LogP contribution in [0.15, 0.2) is 23.4 Å². The lowest BCUT2D eigenvalue weighted by molar-refractivity contribution is 0.477. The number of phenols is 1. The first-order valence-electron chi connectivity index (χ1n) is 3.52. The van der Waals surface area contributed by atoms with Crippen molar-refractivity contribution in [3.8, 4) is 5.75 Å². The summed E-state index contributed by atoms with van der Waals surface area (Å²) in [5.74, 6) is -0.0494. The van der Waals surface area contributed by atoms with E-state index in [1.165, 1.54) is 12.1 Å². The summed E-state index contributed by atoms with van der Waals surface area (Å²) < 4.78 is 0. The molecular weight excluding hydrogens is 170 g/mol. The van der Waals surface area contributed by atoms with Crippen LogP contribution in [0.4, 0.5) is 5.69 Å². The second-order valence-corrected chi connectivity index (χ2v) is 2.49. The van der Waals surface area contributed by atoms with Crippen molar-refractivity contribution in [2.24, 2.45) is 5.11 Å². The predicted molar refractivity (Wildman–Crippen MR) is 46.6 cm³/mol. The van der Waals surface area contributed by atoms with Gasteiger partial charge >= 0.3 is 0 Å². The van der Waals surface area contributed by atoms with E-state index in [-0.39, 0.29) is 11.4 Å². The molecule has 0 atom stereocenters. The maximum absolute atomic E-state index is 9.35. The Labute approximate surface area is 72.4 Å². The molecule has 0 radical (unpaired) electrons. The van der Waals surface area contributed by atoms with Crippen molar-refractivity contribution in [1.82, 2.24) is 10.2 Å². The van der Waals surface area contributed by atoms with E-state index in [0.717, 1.165) is 10.9 Å². The topological polar surface area (TPSA) is 97.7 Å². The number of fused-ring (bicyclic) bond motifs is 1. The lowest BCUT2D eigenvalue weighted by Gasteiger charge is -1.96. The van der Waals surface area contributed by atoms with E-state index in [2.05, 4.69) is 20.2 Å². The first-order valence-corrected chi connectivity index (χ1v) is 3.52. The van der Waals surface area contributed by atoms with Gasteiger partial charge in [0.05, 0.1) is 17.4 Å². The number of aromatic nitrogens is 2. The third-order valence-corrected chi connectivity index (χ3v) is 1.69. The number of azide groups is 1. The molecule has 2 rings (SSSR count). The predicted octanol–water partition coefficient (Wildman–Crippen LogP) is 2.21. The van der Waals surface area contributed by atoms with Crippen molar-refractivity contribution in [1.29, 1.82) is 0 Å². The number of hydrogen-bond acceptors (Lipinski definition) is 3. The maximum Gasteiger partial charge on any atom is 0.125 e. The number of H-pyrrole nitrogens is 1. The van der Waals surface area contributed by atoms with Crippen LogP contribution in [0.1, 0.15) is 0 Å². The van der Waals surface area contributed by atoms with Crippen molar-refractivity contribution in [2.45, 2.75) is 0 Å². The van der Waals surface area contributed by atoms with Gasteiger partial charge in [-0.05, 0) is 17.7 Å². The van der Waals surface area contributed by atoms with E-state index in [1.807, 2.05) is 0 Å². The number of benzene rings is 1. The average Bonchev–Trinajstić information content (AvgIpc) is 2.52. The van der Waals surface area contributed by atoms with Crippen molar-refractivity contribution in [3.05, 3.63) is 28.8 Å². The lowest BCUT2D eigenvalue weighted by Crippen LogP contribution is -1.70. The van der Waals surface area contributed by atoms with E-state index >= 15 is 0 Å². The second-order valence-electron chi connectivity index (χ2n) is 2.49. The number of phenolic OH excluding ortho intramolecular Hbond substituents is 1. The molecule has 0 amide bonds. The second kappa shape index (κ2) is 2.69. The smallest absolute Gasteiger partial charge is 0.125 e. The maximum atomic E-state index is 9.35. The molecule has 0 unspecified atom stereocenters. The fraction of sp³-hybridized carbons (Fsp3) is 0. The molecule has 0 aliphatic heterocycles. The van der Waals surface area contributed by atoms with Crippen LogP contribution in [-0.2, 0) is 0 Å². The fourth-order valence-electron chi connectivity index (χ4n) is 1.10. The van der Waals surface area contributed by atoms with Gasteiger partial charge in [-0.2, -0.15) is 5.10 Å². The van der Waals surface area contributed by atoms with Gasteiger partial charge in [-0.15, -0.1) is 0 Å². The molecule has 1 aromatic carbocycles. The molecular formula is C7H5N5O. The summed E-state index contributed by atoms with van der Waals surface area (Å²) in [5, 5.41) is 19.9. The van der Waals surface area contributed by atoms with Gasteiger partial charge in [0.15, 0.2) is 0 Å². The highest BCUT2D eigenvalue weighted by atomic mass is 16.3. The summed E-state index contributed by atoms with van der Waals surface area (Å²) in [4.78, 5) is 2.59. The number of aromatic hydroxyl groups is 1. The Bertz CT molecular complexity index is 497. The van der Waals surface area contributed by atoms with E-state index in [0.29, 0.717) is 0 Å². The molecule has 6 heteroatoms. The monoisotopic (exact) mass is 175 g/mol. The molecule has 2 aromatic rings. The van der Waals surface area contributed by atoms with Crippen LogP contribution in [0.5, 0.6) is 5.75 Å². The van der Waals surface area contributed by atoms with Gasteiger partial charge in [0.2, 0.25) is 0 Å². The molecule has 1 heterocycles. The van der Waals surface area contributed by atoms with Crippen LogP contribution in [0.3, 0.4) is 0 Å². The van der Waals surface area contributed by atoms with Crippen molar-refractivity contribution < 1.29 is 5.11 Å². The van der Waals surface area contributed by atoms with E-state index in [4.69, 9.17) is 5.53 Å². The molecule has 0 fully saturated rings. The van der Waals surface area contributed by atoms with Gasteiger partial charge in [-0.1, -0.05) is 5.11 Å². The zero-order valence-corrected chi connectivity index (χ0v) is 6.47. The van der Waals surface area contributed by atoms with Crippen LogP contribution in [0, 0.1) is 0 Å². The van der Waals surface area contributed by atoms with Crippen molar-refractivity contribution in [3.63, 3.8) is 0 Å². The molecule has 0 saturated heterocycles. The van der Waals surface area contributed by atoms with Gasteiger partial charge in [0.1, 0.15) is 5.75 Å². The zero-order valence-electron chi connectivity index (χ0n) is 6.47. The van der Waals surface area contributed by atoms with Crippen LogP contribution < -0.4 is 0 Å². The summed E-state index contributed by atoms with van der Waals surface area (Å²) in [5.41, 5.74) is 9.10. The standard InChI is InChI=1S/C7H5N5O/c8-12-11-6-2-5-4(1-7(6)13)3-9-10-5/h1-3,13H,(H,9,10). The third kappa shape index (κ3) is 1.15. The minimum Gasteiger partial charge on any atom is -0.507 e. The Balaban J connectivity index is 2.75. The van der Waals surface area contributed by atoms with Crippen LogP contribution in [0.25, 0.3) is 21.3 Å². The minimum absolute atomic E-state index is 0.0494. The molecule has 6 nitrogen and oxygen atoms in total. The quantitative estimate of drug-likeness (QED) is 0.394. The fourth-order valence-corrected chi connectivity index (χ4v) is 1.10. The summed E-state index contributed by atoms with van der Waals surface area (Å²) in [6, 6.07) is 3.03. The number of aromatic amines is 1. The first-order chi connectivity index (χ1) is 6.31. The van der Waals surface area contributed by atoms with Crippen LogP contribution in [-0.4, -0.2) is 15.3 Å². The molecule has 0 aliphatic carbocycles. The SMILES string of the molecule is [N-]=[N+]=Nc1cc2[nH]ncc2cc1O. The Kier molecular flexibility index (Phi) is 1.54. The number of rotatable bonds is 1. The van der Waals surface area contributed by atoms with Gasteiger partial charge in [-0.3, -0.25) is 5.10 Å². The van der Waals surface area contributed by atoms with Crippen LogP contribution in [0.2, 0.25) is 0 Å². The number of hydrogen-bond donors (Lipinski definition) is 2. The first kappa shape index (κ1) is 7.45. The summed E-state index contributed by atoms with van der Waals surface area (Å²) in [6.45, 7) is 0. The van der Waals surface area contributed by atoms with E-state index in [1.54, 1.807) is 6.20 Å². The van der Waals surface area contributed by atoms with Crippen LogP contribution >= 0.6 is 0 Å². The molecule has 64 valence electrons. The molecule has 1 aromatic heterocycles. The van der Waals surface area contributed by atoms with Gasteiger partial charge in [0, 0.05) is 10.3 Å². The van der Waals surface area contributed by atoms with Gasteiger partial charge < -0.3 is 5.11 Å². The molecule has 0 saturated carbocycles. The number of nitrogens with zero attached hydrogens (tertiary/aromatic N) is 4. The minimum atomic E-state index is -0.0494. The summed E-state index contributed by atoms with van der Waals surface area (Å²) in [6.07, 6.45) is 1.58. The lowest BCUT2D eigenvalue weighted by atomic mass is 10.2. The van der Waals surface area contributed by atoms with Crippen molar-refractivity contribution in [2.75, 3.05) is 0 Å². The summed E-state index contributed by atoms with van der Waals surface area (Å²) >= 11 is 0. The Morgan fingerprint density at radius 2 is 2.38 bits per heavy atom. The summed E-state index contributed by atoms with van der Waals surface area (Å²) in [7, 11) is 0. The van der Waals surface area contributed by atoms with E-state index in [9.17, 15) is 5.11 Å². The van der Waals surface area contributed by atoms with Crippen molar-refractivity contribution >= 4 is 16.6 Å². The largest absolute Gasteiger partial charge is 0.507 e. The molecule has 13 heavy (non-hydrogen) atoms. The van der Waals surface area contributed by atoms with E-state index < -0.39 is 0 Å². The number of nitrogens with one attached hydrogen (secondary N) is 1. The zero-order chi connectivity index (χ0) is 9.26. The Hall–Kier alpha value is -2.20. The molecule has 0 aliphatic rings. The normalized spacial score (nSPS) is 9.85. The Morgan fingerprint density at radius 3 is 3.15 bits per heavy atom. The molecule has 0 spiro atoms. The molecule has 0 bridgehead atoms. The van der Waals surface area contributed by atoms with Gasteiger partial charge in [-0.25, -0.2) is 0 Å². The Morgan fingerprint density at radius 1 is 1.54 bits per heavy atom.